The topological polar surface area (TPSA) is 85.8 Å². The van der Waals surface area contributed by atoms with Gasteiger partial charge in [-0.15, -0.1) is 0 Å². The zero-order valence-electron chi connectivity index (χ0n) is 9.61. The van der Waals surface area contributed by atoms with Gasteiger partial charge in [-0.1, -0.05) is 11.6 Å². The molecule has 5 nitrogen and oxygen atoms in total. The van der Waals surface area contributed by atoms with Crippen LogP contribution in [0.5, 0.6) is 0 Å². The number of benzene rings is 1. The van der Waals surface area contributed by atoms with Crippen LogP contribution >= 0.6 is 11.6 Å². The molecule has 0 saturated heterocycles. The molecule has 0 aliphatic heterocycles. The van der Waals surface area contributed by atoms with Crippen LogP contribution in [0.3, 0.4) is 0 Å². The van der Waals surface area contributed by atoms with Crippen molar-refractivity contribution in [1.29, 1.82) is 5.26 Å². The van der Waals surface area contributed by atoms with Crippen molar-refractivity contribution in [2.24, 2.45) is 0 Å². The van der Waals surface area contributed by atoms with Crippen LogP contribution in [0.2, 0.25) is 5.02 Å². The molecule has 0 unspecified atom stereocenters. The molecule has 1 heterocycles. The van der Waals surface area contributed by atoms with Crippen LogP contribution in [0.25, 0.3) is 0 Å². The van der Waals surface area contributed by atoms with E-state index in [9.17, 15) is 9.59 Å². The average Bonchev–Trinajstić information content (AvgIpc) is 2.41. The number of carbonyl (C=O) groups excluding carboxylic acids is 1. The van der Waals surface area contributed by atoms with Crippen molar-refractivity contribution in [2.75, 3.05) is 5.32 Å². The average molecular weight is 274 g/mol. The summed E-state index contributed by atoms with van der Waals surface area (Å²) in [4.78, 5) is 26.1. The van der Waals surface area contributed by atoms with Crippen molar-refractivity contribution < 1.29 is 4.79 Å². The van der Waals surface area contributed by atoms with Gasteiger partial charge in [0, 0.05) is 18.5 Å². The fourth-order valence-corrected chi connectivity index (χ4v) is 1.64. The smallest absolute Gasteiger partial charge is 0.261 e. The molecule has 0 saturated carbocycles. The number of anilines is 1. The van der Waals surface area contributed by atoms with Crippen LogP contribution < -0.4 is 10.7 Å². The highest BCUT2D eigenvalue weighted by atomic mass is 35.5. The minimum atomic E-state index is -0.584. The minimum absolute atomic E-state index is 0.0269. The van der Waals surface area contributed by atoms with Crippen molar-refractivity contribution in [3.63, 3.8) is 0 Å². The lowest BCUT2D eigenvalue weighted by molar-refractivity contribution is 0.102. The molecule has 2 aromatic rings. The van der Waals surface area contributed by atoms with E-state index in [0.717, 1.165) is 0 Å². The molecule has 2 N–H and O–H groups in total. The second-order valence-electron chi connectivity index (χ2n) is 3.68. The Hall–Kier alpha value is -2.58. The van der Waals surface area contributed by atoms with E-state index in [1.165, 1.54) is 36.7 Å². The van der Waals surface area contributed by atoms with Gasteiger partial charge < -0.3 is 10.3 Å². The van der Waals surface area contributed by atoms with Crippen LogP contribution in [0, 0.1) is 11.3 Å². The summed E-state index contributed by atoms with van der Waals surface area (Å²) in [5, 5.41) is 11.6. The summed E-state index contributed by atoms with van der Waals surface area (Å²) in [7, 11) is 0. The quantitative estimate of drug-likeness (QED) is 0.879. The lowest BCUT2D eigenvalue weighted by Crippen LogP contribution is -2.21. The third-order valence-electron chi connectivity index (χ3n) is 2.41. The van der Waals surface area contributed by atoms with Gasteiger partial charge in [0.15, 0.2) is 5.43 Å². The van der Waals surface area contributed by atoms with Gasteiger partial charge in [0.05, 0.1) is 22.3 Å². The number of hydrogen-bond acceptors (Lipinski definition) is 3. The summed E-state index contributed by atoms with van der Waals surface area (Å²) in [5.74, 6) is -0.584. The highest BCUT2D eigenvalue weighted by Gasteiger charge is 2.11. The molecule has 0 radical (unpaired) electrons. The lowest BCUT2D eigenvalue weighted by Gasteiger charge is -2.06. The Labute approximate surface area is 113 Å². The van der Waals surface area contributed by atoms with Gasteiger partial charge in [0.1, 0.15) is 5.56 Å². The van der Waals surface area contributed by atoms with Gasteiger partial charge in [0.25, 0.3) is 5.91 Å². The van der Waals surface area contributed by atoms with Crippen LogP contribution in [0.15, 0.2) is 41.5 Å². The first-order valence-corrected chi connectivity index (χ1v) is 5.67. The summed E-state index contributed by atoms with van der Waals surface area (Å²) >= 11 is 5.91. The summed E-state index contributed by atoms with van der Waals surface area (Å²) in [6.07, 6.45) is 2.74. The van der Waals surface area contributed by atoms with E-state index in [1.54, 1.807) is 0 Å². The standard InChI is InChI=1S/C13H8ClN3O2/c14-10-2-1-8(6-15)5-11(10)17-13(19)9-7-16-4-3-12(9)18/h1-5,7H,(H,16,18)(H,17,19). The molecule has 1 amide bonds. The maximum Gasteiger partial charge on any atom is 0.261 e. The fraction of sp³-hybridized carbons (Fsp3) is 0. The summed E-state index contributed by atoms with van der Waals surface area (Å²) < 4.78 is 0. The molecule has 94 valence electrons. The number of pyridine rings is 1. The number of amides is 1. The zero-order valence-corrected chi connectivity index (χ0v) is 10.4. The Morgan fingerprint density at radius 3 is 2.84 bits per heavy atom. The van der Waals surface area contributed by atoms with E-state index in [4.69, 9.17) is 16.9 Å². The molecule has 0 atom stereocenters. The van der Waals surface area contributed by atoms with E-state index >= 15 is 0 Å². The fourth-order valence-electron chi connectivity index (χ4n) is 1.47. The van der Waals surface area contributed by atoms with Crippen molar-refractivity contribution in [3.8, 4) is 6.07 Å². The number of aromatic nitrogens is 1. The van der Waals surface area contributed by atoms with E-state index in [2.05, 4.69) is 10.3 Å². The normalized spacial score (nSPS) is 9.68. The molecule has 0 bridgehead atoms. The first-order valence-electron chi connectivity index (χ1n) is 5.30. The molecule has 2 rings (SSSR count). The van der Waals surface area contributed by atoms with Crippen LogP contribution in [0.4, 0.5) is 5.69 Å². The molecular formula is C13H8ClN3O2. The molecule has 1 aromatic carbocycles. The number of nitrogens with zero attached hydrogens (tertiary/aromatic N) is 1. The molecule has 0 aliphatic rings. The molecule has 1 aromatic heterocycles. The number of nitrogens with one attached hydrogen (secondary N) is 2. The third-order valence-corrected chi connectivity index (χ3v) is 2.74. The van der Waals surface area contributed by atoms with Gasteiger partial charge in [-0.25, -0.2) is 0 Å². The van der Waals surface area contributed by atoms with E-state index < -0.39 is 11.3 Å². The molecule has 0 spiro atoms. The molecule has 0 aliphatic carbocycles. The third kappa shape index (κ3) is 2.81. The van der Waals surface area contributed by atoms with Crippen molar-refractivity contribution >= 4 is 23.2 Å². The largest absolute Gasteiger partial charge is 0.367 e. The molecule has 6 heteroatoms. The van der Waals surface area contributed by atoms with Gasteiger partial charge in [0.2, 0.25) is 0 Å². The first kappa shape index (κ1) is 12.9. The number of aromatic amines is 1. The number of halogens is 1. The lowest BCUT2D eigenvalue weighted by atomic mass is 10.2. The maximum atomic E-state index is 11.9. The highest BCUT2D eigenvalue weighted by Crippen LogP contribution is 2.23. The number of carbonyl (C=O) groups is 1. The zero-order chi connectivity index (χ0) is 13.8. The number of hydrogen-bond donors (Lipinski definition) is 2. The number of nitriles is 1. The van der Waals surface area contributed by atoms with Gasteiger partial charge in [-0.2, -0.15) is 5.26 Å². The monoisotopic (exact) mass is 273 g/mol. The van der Waals surface area contributed by atoms with Crippen LogP contribution in [-0.4, -0.2) is 10.9 Å². The summed E-state index contributed by atoms with van der Waals surface area (Å²) in [5.41, 5.74) is 0.223. The van der Waals surface area contributed by atoms with E-state index in [0.29, 0.717) is 10.6 Å². The van der Waals surface area contributed by atoms with Crippen molar-refractivity contribution in [1.82, 2.24) is 4.98 Å². The number of rotatable bonds is 2. The Balaban J connectivity index is 2.32. The van der Waals surface area contributed by atoms with Crippen LogP contribution in [0.1, 0.15) is 15.9 Å². The molecule has 0 fully saturated rings. The second kappa shape index (κ2) is 5.38. The van der Waals surface area contributed by atoms with Crippen molar-refractivity contribution in [3.05, 3.63) is 63.0 Å². The van der Waals surface area contributed by atoms with Crippen LogP contribution in [-0.2, 0) is 0 Å². The Morgan fingerprint density at radius 1 is 1.37 bits per heavy atom. The van der Waals surface area contributed by atoms with Gasteiger partial charge in [-0.3, -0.25) is 9.59 Å². The second-order valence-corrected chi connectivity index (χ2v) is 4.09. The SMILES string of the molecule is N#Cc1ccc(Cl)c(NC(=O)c2c[nH]ccc2=O)c1. The van der Waals surface area contributed by atoms with E-state index in [-0.39, 0.29) is 11.3 Å². The Bertz CT molecular complexity index is 731. The summed E-state index contributed by atoms with van der Waals surface area (Å²) in [6.45, 7) is 0. The molecular weight excluding hydrogens is 266 g/mol. The minimum Gasteiger partial charge on any atom is -0.367 e. The predicted octanol–water partition coefficient (Wildman–Crippen LogP) is 2.15. The Morgan fingerprint density at radius 2 is 2.16 bits per heavy atom. The van der Waals surface area contributed by atoms with Crippen molar-refractivity contribution in [2.45, 2.75) is 0 Å². The first-order chi connectivity index (χ1) is 9.11. The van der Waals surface area contributed by atoms with Gasteiger partial charge in [-0.05, 0) is 18.2 Å². The Kier molecular flexibility index (Phi) is 3.64. The number of H-pyrrole nitrogens is 1. The predicted molar refractivity (Wildman–Crippen MR) is 71.2 cm³/mol. The maximum absolute atomic E-state index is 11.9. The van der Waals surface area contributed by atoms with E-state index in [1.807, 2.05) is 6.07 Å². The van der Waals surface area contributed by atoms with Gasteiger partial charge >= 0.3 is 0 Å². The highest BCUT2D eigenvalue weighted by molar-refractivity contribution is 6.34. The molecule has 19 heavy (non-hydrogen) atoms. The summed E-state index contributed by atoms with van der Waals surface area (Å²) in [6, 6.07) is 7.68.